The van der Waals surface area contributed by atoms with Gasteiger partial charge in [0.05, 0.1) is 0 Å². The number of benzene rings is 2. The van der Waals surface area contributed by atoms with E-state index in [9.17, 15) is 4.39 Å². The van der Waals surface area contributed by atoms with Crippen molar-refractivity contribution in [2.75, 3.05) is 19.6 Å². The lowest BCUT2D eigenvalue weighted by molar-refractivity contribution is 0.308. The minimum atomic E-state index is -0.198. The van der Waals surface area contributed by atoms with Gasteiger partial charge in [-0.2, -0.15) is 0 Å². The van der Waals surface area contributed by atoms with E-state index in [4.69, 9.17) is 0 Å². The van der Waals surface area contributed by atoms with Gasteiger partial charge in [-0.1, -0.05) is 44.2 Å². The number of rotatable bonds is 6. The zero-order valence-electron chi connectivity index (χ0n) is 13.8. The van der Waals surface area contributed by atoms with Crippen molar-refractivity contribution in [3.63, 3.8) is 0 Å². The van der Waals surface area contributed by atoms with Crippen LogP contribution in [0.4, 0.5) is 4.39 Å². The number of likely N-dealkylation sites (N-methyl/N-ethyl adjacent to an activating group) is 1. The molecule has 0 bridgehead atoms. The first kappa shape index (κ1) is 15.8. The number of fused-ring (bicyclic) bond motifs is 1. The van der Waals surface area contributed by atoms with E-state index in [2.05, 4.69) is 41.9 Å². The van der Waals surface area contributed by atoms with E-state index in [0.717, 1.165) is 42.8 Å². The van der Waals surface area contributed by atoms with Gasteiger partial charge in [0.1, 0.15) is 5.82 Å². The van der Waals surface area contributed by atoms with Gasteiger partial charge in [0.2, 0.25) is 0 Å². The molecular formula is C20H23FN2. The van der Waals surface area contributed by atoms with Gasteiger partial charge in [-0.05, 0) is 43.3 Å². The summed E-state index contributed by atoms with van der Waals surface area (Å²) in [4.78, 5) is 5.90. The summed E-state index contributed by atoms with van der Waals surface area (Å²) in [6.45, 7) is 7.48. The molecule has 3 rings (SSSR count). The first-order chi connectivity index (χ1) is 11.2. The van der Waals surface area contributed by atoms with Crippen LogP contribution in [0.5, 0.6) is 0 Å². The summed E-state index contributed by atoms with van der Waals surface area (Å²) in [5, 5.41) is 1.24. The van der Waals surface area contributed by atoms with Crippen LogP contribution in [-0.4, -0.2) is 29.5 Å². The fourth-order valence-corrected chi connectivity index (χ4v) is 3.16. The molecule has 0 radical (unpaired) electrons. The quantitative estimate of drug-likeness (QED) is 0.689. The van der Waals surface area contributed by atoms with E-state index in [0.29, 0.717) is 0 Å². The fourth-order valence-electron chi connectivity index (χ4n) is 3.16. The van der Waals surface area contributed by atoms with E-state index >= 15 is 0 Å². The number of aromatic nitrogens is 1. The number of nitrogens with zero attached hydrogens (tertiary/aromatic N) is 1. The lowest BCUT2D eigenvalue weighted by Gasteiger charge is -2.18. The molecule has 1 aromatic heterocycles. The number of halogens is 1. The van der Waals surface area contributed by atoms with Crippen molar-refractivity contribution < 1.29 is 4.39 Å². The Balaban J connectivity index is 2.04. The Bertz CT molecular complexity index is 787. The first-order valence-corrected chi connectivity index (χ1v) is 8.30. The van der Waals surface area contributed by atoms with Crippen molar-refractivity contribution in [1.82, 2.24) is 9.88 Å². The van der Waals surface area contributed by atoms with Crippen molar-refractivity contribution in [3.05, 3.63) is 59.9 Å². The number of aromatic amines is 1. The Morgan fingerprint density at radius 2 is 1.78 bits per heavy atom. The second-order valence-corrected chi connectivity index (χ2v) is 5.81. The van der Waals surface area contributed by atoms with E-state index in [1.807, 2.05) is 12.1 Å². The third kappa shape index (κ3) is 3.30. The smallest absolute Gasteiger partial charge is 0.123 e. The van der Waals surface area contributed by atoms with Crippen molar-refractivity contribution in [2.24, 2.45) is 0 Å². The molecule has 23 heavy (non-hydrogen) atoms. The molecule has 2 aromatic carbocycles. The molecule has 0 fully saturated rings. The number of hydrogen-bond acceptors (Lipinski definition) is 1. The number of H-pyrrole nitrogens is 1. The van der Waals surface area contributed by atoms with Gasteiger partial charge < -0.3 is 9.88 Å². The molecular weight excluding hydrogens is 287 g/mol. The maximum atomic E-state index is 13.6. The zero-order valence-corrected chi connectivity index (χ0v) is 13.8. The second kappa shape index (κ2) is 6.97. The molecule has 3 aromatic rings. The van der Waals surface area contributed by atoms with Crippen LogP contribution in [0.25, 0.3) is 22.2 Å². The van der Waals surface area contributed by atoms with Crippen molar-refractivity contribution >= 4 is 10.9 Å². The predicted octanol–water partition coefficient (Wildman–Crippen LogP) is 4.86. The van der Waals surface area contributed by atoms with E-state index in [1.165, 1.54) is 17.0 Å². The molecule has 1 heterocycles. The van der Waals surface area contributed by atoms with E-state index in [-0.39, 0.29) is 5.82 Å². The van der Waals surface area contributed by atoms with Crippen LogP contribution in [0.3, 0.4) is 0 Å². The monoisotopic (exact) mass is 310 g/mol. The molecule has 0 saturated carbocycles. The molecule has 120 valence electrons. The normalized spacial score (nSPS) is 11.5. The van der Waals surface area contributed by atoms with Gasteiger partial charge in [-0.25, -0.2) is 4.39 Å². The maximum absolute atomic E-state index is 13.6. The molecule has 0 aliphatic rings. The van der Waals surface area contributed by atoms with Gasteiger partial charge in [0.25, 0.3) is 0 Å². The second-order valence-electron chi connectivity index (χ2n) is 5.81. The van der Waals surface area contributed by atoms with Gasteiger partial charge in [0, 0.05) is 28.7 Å². The topological polar surface area (TPSA) is 19.0 Å². The summed E-state index contributed by atoms with van der Waals surface area (Å²) in [5.41, 5.74) is 4.34. The molecule has 0 aliphatic carbocycles. The molecule has 3 heteroatoms. The highest BCUT2D eigenvalue weighted by molar-refractivity contribution is 5.90. The van der Waals surface area contributed by atoms with Crippen molar-refractivity contribution in [2.45, 2.75) is 20.3 Å². The summed E-state index contributed by atoms with van der Waals surface area (Å²) < 4.78 is 13.6. The highest BCUT2D eigenvalue weighted by Gasteiger charge is 2.14. The average Bonchev–Trinajstić information content (AvgIpc) is 2.95. The number of para-hydroxylation sites is 1. The summed E-state index contributed by atoms with van der Waals surface area (Å²) in [6, 6.07) is 15.1. The lowest BCUT2D eigenvalue weighted by atomic mass is 10.0. The largest absolute Gasteiger partial charge is 0.354 e. The number of nitrogens with one attached hydrogen (secondary N) is 1. The Morgan fingerprint density at radius 1 is 1.00 bits per heavy atom. The van der Waals surface area contributed by atoms with Crippen molar-refractivity contribution in [3.8, 4) is 11.3 Å². The van der Waals surface area contributed by atoms with Gasteiger partial charge in [-0.15, -0.1) is 0 Å². The van der Waals surface area contributed by atoms with E-state index < -0.39 is 0 Å². The Labute approximate surface area is 136 Å². The fraction of sp³-hybridized carbons (Fsp3) is 0.300. The Hall–Kier alpha value is -2.13. The predicted molar refractivity (Wildman–Crippen MR) is 95.2 cm³/mol. The van der Waals surface area contributed by atoms with Crippen LogP contribution in [0.2, 0.25) is 0 Å². The highest BCUT2D eigenvalue weighted by Crippen LogP contribution is 2.31. The van der Waals surface area contributed by atoms with Gasteiger partial charge in [0.15, 0.2) is 0 Å². The zero-order chi connectivity index (χ0) is 16.2. The SMILES string of the molecule is CCN(CC)CCc1c(-c2cccc(F)c2)[nH]c2ccccc12. The minimum absolute atomic E-state index is 0.198. The van der Waals surface area contributed by atoms with Crippen LogP contribution in [0.15, 0.2) is 48.5 Å². The minimum Gasteiger partial charge on any atom is -0.354 e. The summed E-state index contributed by atoms with van der Waals surface area (Å²) in [7, 11) is 0. The molecule has 0 atom stereocenters. The summed E-state index contributed by atoms with van der Waals surface area (Å²) >= 11 is 0. The number of hydrogen-bond donors (Lipinski definition) is 1. The highest BCUT2D eigenvalue weighted by atomic mass is 19.1. The van der Waals surface area contributed by atoms with Gasteiger partial charge >= 0.3 is 0 Å². The van der Waals surface area contributed by atoms with Crippen LogP contribution in [0.1, 0.15) is 19.4 Å². The Kier molecular flexibility index (Phi) is 4.77. The van der Waals surface area contributed by atoms with Crippen molar-refractivity contribution in [1.29, 1.82) is 0 Å². The molecule has 1 N–H and O–H groups in total. The Morgan fingerprint density at radius 3 is 2.52 bits per heavy atom. The third-order valence-electron chi connectivity index (χ3n) is 4.50. The van der Waals surface area contributed by atoms with Crippen LogP contribution in [0, 0.1) is 5.82 Å². The maximum Gasteiger partial charge on any atom is 0.123 e. The molecule has 2 nitrogen and oxygen atoms in total. The first-order valence-electron chi connectivity index (χ1n) is 8.30. The summed E-state index contributed by atoms with van der Waals surface area (Å²) in [5.74, 6) is -0.198. The average molecular weight is 310 g/mol. The van der Waals surface area contributed by atoms with Crippen LogP contribution in [-0.2, 0) is 6.42 Å². The van der Waals surface area contributed by atoms with E-state index in [1.54, 1.807) is 12.1 Å². The van der Waals surface area contributed by atoms with Gasteiger partial charge in [-0.3, -0.25) is 0 Å². The third-order valence-corrected chi connectivity index (χ3v) is 4.50. The molecule has 0 aliphatic heterocycles. The standard InChI is InChI=1S/C20H23FN2/c1-3-23(4-2)13-12-18-17-10-5-6-11-19(17)22-20(18)15-8-7-9-16(21)14-15/h5-11,14,22H,3-4,12-13H2,1-2H3. The van der Waals surface area contributed by atoms with Crippen LogP contribution >= 0.6 is 0 Å². The van der Waals surface area contributed by atoms with Crippen LogP contribution < -0.4 is 0 Å². The lowest BCUT2D eigenvalue weighted by Crippen LogP contribution is -2.25. The molecule has 0 unspecified atom stereocenters. The molecule has 0 saturated heterocycles. The summed E-state index contributed by atoms with van der Waals surface area (Å²) in [6.07, 6.45) is 0.956. The molecule has 0 spiro atoms. The molecule has 0 amide bonds.